The molecule has 0 saturated carbocycles. The van der Waals surface area contributed by atoms with Gasteiger partial charge in [0.15, 0.2) is 5.17 Å². The predicted molar refractivity (Wildman–Crippen MR) is 83.2 cm³/mol. The number of hydrogen-bond acceptors (Lipinski definition) is 5. The molecular formula is C14H13N3O3S. The summed E-state index contributed by atoms with van der Waals surface area (Å²) in [5, 5.41) is 18.5. The van der Waals surface area contributed by atoms with E-state index in [1.807, 2.05) is 36.4 Å². The minimum Gasteiger partial charge on any atom is -0.481 e. The molecule has 21 heavy (non-hydrogen) atoms. The summed E-state index contributed by atoms with van der Waals surface area (Å²) in [6.07, 6.45) is 4.87. The van der Waals surface area contributed by atoms with Crippen LogP contribution in [0.4, 0.5) is 0 Å². The molecule has 1 aliphatic rings. The van der Waals surface area contributed by atoms with Gasteiger partial charge >= 0.3 is 5.97 Å². The Morgan fingerprint density at radius 2 is 2.14 bits per heavy atom. The molecule has 0 aliphatic carbocycles. The van der Waals surface area contributed by atoms with Crippen molar-refractivity contribution in [2.75, 3.05) is 0 Å². The fraction of sp³-hybridized carbons (Fsp3) is 0.143. The number of aliphatic carboxylic acids is 1. The Hall–Kier alpha value is -2.41. The Morgan fingerprint density at radius 3 is 2.86 bits per heavy atom. The molecule has 0 radical (unpaired) electrons. The molecule has 6 nitrogen and oxygen atoms in total. The minimum absolute atomic E-state index is 0.229. The second-order valence-corrected chi connectivity index (χ2v) is 5.32. The normalized spacial score (nSPS) is 20.5. The summed E-state index contributed by atoms with van der Waals surface area (Å²) in [6, 6.07) is 9.72. The van der Waals surface area contributed by atoms with Gasteiger partial charge < -0.3 is 10.4 Å². The monoisotopic (exact) mass is 303 g/mol. The molecule has 1 atom stereocenters. The van der Waals surface area contributed by atoms with E-state index in [1.165, 1.54) is 6.21 Å². The number of amides is 1. The third kappa shape index (κ3) is 4.88. The lowest BCUT2D eigenvalue weighted by molar-refractivity contribution is -0.138. The lowest BCUT2D eigenvalue weighted by atomic mass is 10.2. The van der Waals surface area contributed by atoms with Crippen molar-refractivity contribution in [1.82, 2.24) is 5.32 Å². The van der Waals surface area contributed by atoms with Crippen LogP contribution in [0.1, 0.15) is 12.0 Å². The molecule has 2 N–H and O–H groups in total. The first kappa shape index (κ1) is 15.0. The van der Waals surface area contributed by atoms with Crippen molar-refractivity contribution in [2.24, 2.45) is 10.2 Å². The average molecular weight is 303 g/mol. The Balaban J connectivity index is 1.87. The summed E-state index contributed by atoms with van der Waals surface area (Å²) in [5.41, 5.74) is 1.04. The number of carbonyl (C=O) groups is 2. The van der Waals surface area contributed by atoms with Gasteiger partial charge in [-0.05, 0) is 11.6 Å². The molecule has 1 saturated heterocycles. The van der Waals surface area contributed by atoms with E-state index in [-0.39, 0.29) is 12.3 Å². The smallest absolute Gasteiger partial charge is 0.305 e. The Bertz CT molecular complexity index is 611. The second-order valence-electron chi connectivity index (χ2n) is 4.13. The van der Waals surface area contributed by atoms with E-state index >= 15 is 0 Å². The lowest BCUT2D eigenvalue weighted by Gasteiger charge is -1.97. The molecule has 108 valence electrons. The van der Waals surface area contributed by atoms with Gasteiger partial charge in [-0.3, -0.25) is 9.59 Å². The maximum absolute atomic E-state index is 11.5. The maximum Gasteiger partial charge on any atom is 0.305 e. The zero-order valence-corrected chi connectivity index (χ0v) is 11.8. The second kappa shape index (κ2) is 7.39. The van der Waals surface area contributed by atoms with Crippen molar-refractivity contribution >= 4 is 41.1 Å². The highest BCUT2D eigenvalue weighted by Gasteiger charge is 2.32. The Labute approximate surface area is 125 Å². The highest BCUT2D eigenvalue weighted by atomic mass is 32.2. The summed E-state index contributed by atoms with van der Waals surface area (Å²) in [4.78, 5) is 22.0. The number of benzene rings is 1. The van der Waals surface area contributed by atoms with Crippen LogP contribution in [0, 0.1) is 0 Å². The zero-order chi connectivity index (χ0) is 15.1. The number of carboxylic acid groups (broad SMARTS) is 1. The SMILES string of the molecule is O=C(O)CC1SC(=NN=C/C=C/c2ccccc2)NC1=O. The molecular weight excluding hydrogens is 290 g/mol. The van der Waals surface area contributed by atoms with Gasteiger partial charge in [0.05, 0.1) is 6.42 Å². The summed E-state index contributed by atoms with van der Waals surface area (Å²) < 4.78 is 0. The third-order valence-corrected chi connectivity index (χ3v) is 3.60. The first-order chi connectivity index (χ1) is 10.1. The molecule has 1 amide bonds. The van der Waals surface area contributed by atoms with Crippen LogP contribution >= 0.6 is 11.8 Å². The number of carbonyl (C=O) groups excluding carboxylic acids is 1. The van der Waals surface area contributed by atoms with E-state index in [4.69, 9.17) is 5.11 Å². The number of hydrogen-bond donors (Lipinski definition) is 2. The van der Waals surface area contributed by atoms with Crippen molar-refractivity contribution in [3.63, 3.8) is 0 Å². The van der Waals surface area contributed by atoms with E-state index in [1.54, 1.807) is 6.08 Å². The van der Waals surface area contributed by atoms with Gasteiger partial charge in [0.25, 0.3) is 0 Å². The molecule has 0 bridgehead atoms. The molecule has 1 aromatic carbocycles. The first-order valence-electron chi connectivity index (χ1n) is 6.17. The zero-order valence-electron chi connectivity index (χ0n) is 11.0. The Morgan fingerprint density at radius 1 is 1.38 bits per heavy atom. The van der Waals surface area contributed by atoms with Gasteiger partial charge in [-0.25, -0.2) is 0 Å². The molecule has 1 aromatic rings. The number of rotatable bonds is 5. The van der Waals surface area contributed by atoms with Crippen LogP contribution in [0.2, 0.25) is 0 Å². The standard InChI is InChI=1S/C14H13N3O3S/c18-12(19)9-11-13(20)16-14(21-11)17-15-8-4-7-10-5-2-1-3-6-10/h1-8,11H,9H2,(H,18,19)(H,16,17,20)/b7-4+,15-8?. The predicted octanol–water partition coefficient (Wildman–Crippen LogP) is 1.75. The molecule has 2 rings (SSSR count). The number of carboxylic acids is 1. The molecule has 0 aromatic heterocycles. The van der Waals surface area contributed by atoms with Crippen LogP contribution < -0.4 is 5.32 Å². The first-order valence-corrected chi connectivity index (χ1v) is 7.05. The molecule has 1 heterocycles. The molecule has 0 spiro atoms. The number of nitrogens with zero attached hydrogens (tertiary/aromatic N) is 2. The van der Waals surface area contributed by atoms with Crippen LogP contribution in [0.15, 0.2) is 46.6 Å². The van der Waals surface area contributed by atoms with Crippen LogP contribution in [0.3, 0.4) is 0 Å². The average Bonchev–Trinajstić information content (AvgIpc) is 2.79. The highest BCUT2D eigenvalue weighted by Crippen LogP contribution is 2.22. The molecule has 1 aliphatic heterocycles. The van der Waals surface area contributed by atoms with E-state index in [9.17, 15) is 9.59 Å². The van der Waals surface area contributed by atoms with E-state index in [0.717, 1.165) is 17.3 Å². The highest BCUT2D eigenvalue weighted by molar-refractivity contribution is 8.15. The summed E-state index contributed by atoms with van der Waals surface area (Å²) in [5.74, 6) is -1.37. The summed E-state index contributed by atoms with van der Waals surface area (Å²) >= 11 is 1.07. The van der Waals surface area contributed by atoms with E-state index in [0.29, 0.717) is 5.17 Å². The van der Waals surface area contributed by atoms with Gasteiger partial charge in [0.2, 0.25) is 5.91 Å². The fourth-order valence-electron chi connectivity index (χ4n) is 1.59. The van der Waals surface area contributed by atoms with Gasteiger partial charge in [0.1, 0.15) is 5.25 Å². The minimum atomic E-state index is -1.02. The van der Waals surface area contributed by atoms with Gasteiger partial charge in [0, 0.05) is 6.21 Å². The van der Waals surface area contributed by atoms with Crippen molar-refractivity contribution in [2.45, 2.75) is 11.7 Å². The largest absolute Gasteiger partial charge is 0.481 e. The van der Waals surface area contributed by atoms with Crippen LogP contribution in [-0.2, 0) is 9.59 Å². The fourth-order valence-corrected chi connectivity index (χ4v) is 2.50. The van der Waals surface area contributed by atoms with Gasteiger partial charge in [-0.1, -0.05) is 48.2 Å². The van der Waals surface area contributed by atoms with E-state index in [2.05, 4.69) is 15.5 Å². The number of amidine groups is 1. The third-order valence-electron chi connectivity index (χ3n) is 2.53. The Kier molecular flexibility index (Phi) is 5.28. The van der Waals surface area contributed by atoms with Crippen LogP contribution in [0.5, 0.6) is 0 Å². The summed E-state index contributed by atoms with van der Waals surface area (Å²) in [7, 11) is 0. The van der Waals surface area contributed by atoms with Crippen molar-refractivity contribution in [3.05, 3.63) is 42.0 Å². The van der Waals surface area contributed by atoms with Gasteiger partial charge in [-0.2, -0.15) is 5.10 Å². The topological polar surface area (TPSA) is 91.1 Å². The summed E-state index contributed by atoms with van der Waals surface area (Å²) in [6.45, 7) is 0. The molecule has 1 fully saturated rings. The van der Waals surface area contributed by atoms with Crippen LogP contribution in [-0.4, -0.2) is 33.6 Å². The van der Waals surface area contributed by atoms with Crippen LogP contribution in [0.25, 0.3) is 6.08 Å². The lowest BCUT2D eigenvalue weighted by Crippen LogP contribution is -2.26. The van der Waals surface area contributed by atoms with Crippen molar-refractivity contribution < 1.29 is 14.7 Å². The number of nitrogens with one attached hydrogen (secondary N) is 1. The molecule has 7 heteroatoms. The van der Waals surface area contributed by atoms with Crippen molar-refractivity contribution in [3.8, 4) is 0 Å². The van der Waals surface area contributed by atoms with Crippen molar-refractivity contribution in [1.29, 1.82) is 0 Å². The maximum atomic E-state index is 11.5. The van der Waals surface area contributed by atoms with Gasteiger partial charge in [-0.15, -0.1) is 5.10 Å². The van der Waals surface area contributed by atoms with E-state index < -0.39 is 11.2 Å². The number of allylic oxidation sites excluding steroid dienone is 1. The number of thioether (sulfide) groups is 1. The quantitative estimate of drug-likeness (QED) is 0.640. The molecule has 1 unspecified atom stereocenters.